The van der Waals surface area contributed by atoms with E-state index < -0.39 is 0 Å². The zero-order chi connectivity index (χ0) is 22.3. The molecule has 1 aromatic heterocycles. The Bertz CT molecular complexity index is 1040. The Kier molecular flexibility index (Phi) is 6.84. The van der Waals surface area contributed by atoms with E-state index in [1.165, 1.54) is 5.56 Å². The largest absolute Gasteiger partial charge is 0.497 e. The SMILES string of the molecule is COc1ccc(C(=O)Nc2ccnn2C2CCN(C(=O)CCc3ccccc3)CC2)cc1. The van der Waals surface area contributed by atoms with Gasteiger partial charge in [-0.2, -0.15) is 5.10 Å². The van der Waals surface area contributed by atoms with E-state index in [0.29, 0.717) is 36.6 Å². The summed E-state index contributed by atoms with van der Waals surface area (Å²) in [6.45, 7) is 1.40. The van der Waals surface area contributed by atoms with Crippen molar-refractivity contribution in [3.05, 3.63) is 78.0 Å². The molecule has 0 spiro atoms. The van der Waals surface area contributed by atoms with Gasteiger partial charge in [0.1, 0.15) is 11.6 Å². The molecular weight excluding hydrogens is 404 g/mol. The number of benzene rings is 2. The molecule has 1 N–H and O–H groups in total. The van der Waals surface area contributed by atoms with Crippen molar-refractivity contribution in [1.82, 2.24) is 14.7 Å². The fourth-order valence-electron chi connectivity index (χ4n) is 4.05. The second-order valence-electron chi connectivity index (χ2n) is 7.94. The summed E-state index contributed by atoms with van der Waals surface area (Å²) in [6.07, 6.45) is 4.61. The van der Waals surface area contributed by atoms with Crippen LogP contribution in [0.4, 0.5) is 5.82 Å². The summed E-state index contributed by atoms with van der Waals surface area (Å²) in [6, 6.07) is 19.0. The van der Waals surface area contributed by atoms with Crippen molar-refractivity contribution in [3.8, 4) is 5.75 Å². The summed E-state index contributed by atoms with van der Waals surface area (Å²) >= 11 is 0. The van der Waals surface area contributed by atoms with Gasteiger partial charge in [-0.05, 0) is 49.1 Å². The normalized spacial score (nSPS) is 14.2. The lowest BCUT2D eigenvalue weighted by Gasteiger charge is -2.33. The molecule has 0 atom stereocenters. The van der Waals surface area contributed by atoms with Crippen molar-refractivity contribution >= 4 is 17.6 Å². The highest BCUT2D eigenvalue weighted by atomic mass is 16.5. The molecule has 0 radical (unpaired) electrons. The van der Waals surface area contributed by atoms with E-state index in [1.807, 2.05) is 27.8 Å². The Morgan fingerprint density at radius 1 is 1.03 bits per heavy atom. The quantitative estimate of drug-likeness (QED) is 0.614. The number of nitrogens with one attached hydrogen (secondary N) is 1. The van der Waals surface area contributed by atoms with Gasteiger partial charge < -0.3 is 15.0 Å². The van der Waals surface area contributed by atoms with Crippen LogP contribution in [0.5, 0.6) is 5.75 Å². The molecule has 7 heteroatoms. The number of hydrogen-bond acceptors (Lipinski definition) is 4. The number of nitrogens with zero attached hydrogens (tertiary/aromatic N) is 3. The van der Waals surface area contributed by atoms with Gasteiger partial charge >= 0.3 is 0 Å². The molecule has 3 aromatic rings. The van der Waals surface area contributed by atoms with E-state index in [9.17, 15) is 9.59 Å². The van der Waals surface area contributed by atoms with E-state index in [2.05, 4.69) is 22.5 Å². The smallest absolute Gasteiger partial charge is 0.256 e. The fourth-order valence-corrected chi connectivity index (χ4v) is 4.05. The average Bonchev–Trinajstić information content (AvgIpc) is 3.31. The van der Waals surface area contributed by atoms with Crippen LogP contribution in [0, 0.1) is 0 Å². The second-order valence-corrected chi connectivity index (χ2v) is 7.94. The molecule has 1 aliphatic rings. The van der Waals surface area contributed by atoms with E-state index >= 15 is 0 Å². The number of anilines is 1. The molecule has 1 saturated heterocycles. The molecule has 166 valence electrons. The third kappa shape index (κ3) is 5.17. The van der Waals surface area contributed by atoms with Crippen molar-refractivity contribution in [2.24, 2.45) is 0 Å². The zero-order valence-corrected chi connectivity index (χ0v) is 18.2. The predicted molar refractivity (Wildman–Crippen MR) is 123 cm³/mol. The molecule has 0 unspecified atom stereocenters. The van der Waals surface area contributed by atoms with E-state index in [4.69, 9.17) is 4.74 Å². The van der Waals surface area contributed by atoms with Crippen LogP contribution in [0.3, 0.4) is 0 Å². The summed E-state index contributed by atoms with van der Waals surface area (Å²) in [5.74, 6) is 1.38. The Morgan fingerprint density at radius 3 is 2.44 bits per heavy atom. The topological polar surface area (TPSA) is 76.5 Å². The standard InChI is InChI=1S/C25H28N4O3/c1-32-22-10-8-20(9-11-22)25(31)27-23-13-16-26-29(23)21-14-17-28(18-15-21)24(30)12-7-19-5-3-2-4-6-19/h2-6,8-11,13,16,21H,7,12,14-15,17-18H2,1H3,(H,27,31). The van der Waals surface area contributed by atoms with Crippen LogP contribution in [-0.2, 0) is 11.2 Å². The maximum atomic E-state index is 12.6. The molecule has 4 rings (SSSR count). The molecule has 2 aromatic carbocycles. The van der Waals surface area contributed by atoms with Crippen LogP contribution < -0.4 is 10.1 Å². The number of methoxy groups -OCH3 is 1. The van der Waals surface area contributed by atoms with Gasteiger partial charge in [0.15, 0.2) is 0 Å². The molecular formula is C25H28N4O3. The number of ether oxygens (including phenoxy) is 1. The maximum Gasteiger partial charge on any atom is 0.256 e. The van der Waals surface area contributed by atoms with Crippen molar-refractivity contribution in [2.75, 3.05) is 25.5 Å². The van der Waals surface area contributed by atoms with Crippen LogP contribution in [0.15, 0.2) is 66.9 Å². The van der Waals surface area contributed by atoms with Crippen molar-refractivity contribution in [2.45, 2.75) is 31.7 Å². The van der Waals surface area contributed by atoms with E-state index in [1.54, 1.807) is 43.6 Å². The number of likely N-dealkylation sites (tertiary alicyclic amines) is 1. The highest BCUT2D eigenvalue weighted by Crippen LogP contribution is 2.26. The summed E-state index contributed by atoms with van der Waals surface area (Å²) in [4.78, 5) is 27.2. The summed E-state index contributed by atoms with van der Waals surface area (Å²) in [5.41, 5.74) is 1.74. The van der Waals surface area contributed by atoms with Crippen molar-refractivity contribution in [1.29, 1.82) is 0 Å². The van der Waals surface area contributed by atoms with Crippen molar-refractivity contribution < 1.29 is 14.3 Å². The third-order valence-electron chi connectivity index (χ3n) is 5.90. The first-order chi connectivity index (χ1) is 15.6. The van der Waals surface area contributed by atoms with Gasteiger partial charge in [0, 0.05) is 31.1 Å². The lowest BCUT2D eigenvalue weighted by molar-refractivity contribution is -0.132. The van der Waals surface area contributed by atoms with Crippen LogP contribution >= 0.6 is 0 Å². The number of piperidine rings is 1. The number of carbonyl (C=O) groups excluding carboxylic acids is 2. The van der Waals surface area contributed by atoms with Crippen LogP contribution in [-0.4, -0.2) is 46.7 Å². The highest BCUT2D eigenvalue weighted by molar-refractivity contribution is 6.03. The number of carbonyl (C=O) groups is 2. The number of amides is 2. The molecule has 1 fully saturated rings. The van der Waals surface area contributed by atoms with E-state index in [0.717, 1.165) is 19.3 Å². The monoisotopic (exact) mass is 432 g/mol. The minimum Gasteiger partial charge on any atom is -0.497 e. The number of rotatable bonds is 7. The van der Waals surface area contributed by atoms with Gasteiger partial charge in [-0.25, -0.2) is 4.68 Å². The Morgan fingerprint density at radius 2 is 1.75 bits per heavy atom. The van der Waals surface area contributed by atoms with Gasteiger partial charge in [-0.15, -0.1) is 0 Å². The maximum absolute atomic E-state index is 12.6. The molecule has 7 nitrogen and oxygen atoms in total. The first-order valence-electron chi connectivity index (χ1n) is 10.9. The number of aromatic nitrogens is 2. The minimum atomic E-state index is -0.192. The zero-order valence-electron chi connectivity index (χ0n) is 18.2. The summed E-state index contributed by atoms with van der Waals surface area (Å²) < 4.78 is 7.01. The second kappa shape index (κ2) is 10.1. The first-order valence-corrected chi connectivity index (χ1v) is 10.9. The summed E-state index contributed by atoms with van der Waals surface area (Å²) in [7, 11) is 1.59. The highest BCUT2D eigenvalue weighted by Gasteiger charge is 2.25. The summed E-state index contributed by atoms with van der Waals surface area (Å²) in [5, 5.41) is 7.39. The number of hydrogen-bond donors (Lipinski definition) is 1. The van der Waals surface area contributed by atoms with E-state index in [-0.39, 0.29) is 17.9 Å². The number of aryl methyl sites for hydroxylation is 1. The van der Waals surface area contributed by atoms with Gasteiger partial charge in [-0.1, -0.05) is 30.3 Å². The van der Waals surface area contributed by atoms with Gasteiger partial charge in [0.2, 0.25) is 5.91 Å². The average molecular weight is 433 g/mol. The third-order valence-corrected chi connectivity index (χ3v) is 5.90. The van der Waals surface area contributed by atoms with Crippen LogP contribution in [0.25, 0.3) is 0 Å². The predicted octanol–water partition coefficient (Wildman–Crippen LogP) is 3.94. The molecule has 0 bridgehead atoms. The first kappa shape index (κ1) is 21.6. The fraction of sp³-hybridized carbons (Fsp3) is 0.320. The molecule has 0 saturated carbocycles. The molecule has 2 amide bonds. The lowest BCUT2D eigenvalue weighted by atomic mass is 10.0. The van der Waals surface area contributed by atoms with Gasteiger partial charge in [0.25, 0.3) is 5.91 Å². The molecule has 32 heavy (non-hydrogen) atoms. The Balaban J connectivity index is 1.31. The molecule has 2 heterocycles. The Hall–Kier alpha value is -3.61. The van der Waals surface area contributed by atoms with Crippen molar-refractivity contribution in [3.63, 3.8) is 0 Å². The Labute approximate surface area is 188 Å². The minimum absolute atomic E-state index is 0.148. The van der Waals surface area contributed by atoms with Gasteiger partial charge in [-0.3, -0.25) is 9.59 Å². The van der Waals surface area contributed by atoms with Crippen LogP contribution in [0.1, 0.15) is 41.2 Å². The van der Waals surface area contributed by atoms with Gasteiger partial charge in [0.05, 0.1) is 19.3 Å². The molecule has 0 aliphatic carbocycles. The van der Waals surface area contributed by atoms with Crippen LogP contribution in [0.2, 0.25) is 0 Å². The lowest BCUT2D eigenvalue weighted by Crippen LogP contribution is -2.39. The molecule has 1 aliphatic heterocycles.